The van der Waals surface area contributed by atoms with E-state index in [0.29, 0.717) is 12.0 Å². The Bertz CT molecular complexity index is 261. The van der Waals surface area contributed by atoms with Crippen LogP contribution in [0.4, 0.5) is 0 Å². The zero-order chi connectivity index (χ0) is 9.97. The summed E-state index contributed by atoms with van der Waals surface area (Å²) in [7, 11) is 0. The van der Waals surface area contributed by atoms with Gasteiger partial charge in [0.05, 0.1) is 6.61 Å². The van der Waals surface area contributed by atoms with Crippen molar-refractivity contribution in [3.63, 3.8) is 0 Å². The van der Waals surface area contributed by atoms with E-state index in [1.54, 1.807) is 11.3 Å². The zero-order valence-corrected chi connectivity index (χ0v) is 9.51. The maximum Gasteiger partial charge on any atom is 0.104 e. The second kappa shape index (κ2) is 4.43. The number of rotatable bonds is 1. The predicted molar refractivity (Wildman–Crippen MR) is 59.6 cm³/mol. The van der Waals surface area contributed by atoms with Gasteiger partial charge in [-0.1, -0.05) is 13.0 Å². The van der Waals surface area contributed by atoms with Crippen LogP contribution < -0.4 is 5.32 Å². The molecule has 1 fully saturated rings. The van der Waals surface area contributed by atoms with Gasteiger partial charge in [-0.2, -0.15) is 0 Å². The van der Waals surface area contributed by atoms with Crippen molar-refractivity contribution in [2.45, 2.75) is 26.0 Å². The van der Waals surface area contributed by atoms with Crippen LogP contribution in [0.2, 0.25) is 0 Å². The van der Waals surface area contributed by atoms with Gasteiger partial charge in [0, 0.05) is 17.5 Å². The Morgan fingerprint density at radius 3 is 3.07 bits per heavy atom. The van der Waals surface area contributed by atoms with Crippen molar-refractivity contribution >= 4 is 11.3 Å². The van der Waals surface area contributed by atoms with E-state index < -0.39 is 0 Å². The Kier molecular flexibility index (Phi) is 3.21. The van der Waals surface area contributed by atoms with Gasteiger partial charge in [-0.15, -0.1) is 11.3 Å². The van der Waals surface area contributed by atoms with Crippen LogP contribution in [0, 0.1) is 5.92 Å². The van der Waals surface area contributed by atoms with Crippen LogP contribution in [0.25, 0.3) is 0 Å². The first kappa shape index (κ1) is 10.1. The van der Waals surface area contributed by atoms with Crippen molar-refractivity contribution in [1.29, 1.82) is 0 Å². The molecule has 0 bridgehead atoms. The van der Waals surface area contributed by atoms with Crippen molar-refractivity contribution in [1.82, 2.24) is 5.32 Å². The SMILES string of the molecule is CC1COC(c2cccs2)CNC1C. The largest absolute Gasteiger partial charge is 0.371 e. The minimum Gasteiger partial charge on any atom is -0.371 e. The summed E-state index contributed by atoms with van der Waals surface area (Å²) in [6, 6.07) is 4.79. The first-order valence-electron chi connectivity index (χ1n) is 5.15. The number of hydrogen-bond donors (Lipinski definition) is 1. The Labute approximate surface area is 89.3 Å². The molecule has 1 aliphatic heterocycles. The molecule has 1 N–H and O–H groups in total. The van der Waals surface area contributed by atoms with E-state index >= 15 is 0 Å². The first-order chi connectivity index (χ1) is 6.77. The van der Waals surface area contributed by atoms with Gasteiger partial charge in [0.25, 0.3) is 0 Å². The lowest BCUT2D eigenvalue weighted by Crippen LogP contribution is -2.32. The molecule has 0 aromatic carbocycles. The highest BCUT2D eigenvalue weighted by molar-refractivity contribution is 7.10. The van der Waals surface area contributed by atoms with Crippen molar-refractivity contribution in [2.24, 2.45) is 5.92 Å². The van der Waals surface area contributed by atoms with E-state index in [4.69, 9.17) is 4.74 Å². The summed E-state index contributed by atoms with van der Waals surface area (Å²) in [6.45, 7) is 6.25. The average Bonchev–Trinajstić information content (AvgIpc) is 2.65. The van der Waals surface area contributed by atoms with E-state index in [2.05, 4.69) is 36.7 Å². The van der Waals surface area contributed by atoms with Crippen molar-refractivity contribution < 1.29 is 4.74 Å². The fourth-order valence-corrected chi connectivity index (χ4v) is 2.40. The highest BCUT2D eigenvalue weighted by atomic mass is 32.1. The zero-order valence-electron chi connectivity index (χ0n) is 8.69. The first-order valence-corrected chi connectivity index (χ1v) is 6.03. The Hall–Kier alpha value is -0.380. The molecule has 0 amide bonds. The van der Waals surface area contributed by atoms with Gasteiger partial charge in [0.1, 0.15) is 6.10 Å². The van der Waals surface area contributed by atoms with E-state index in [-0.39, 0.29) is 6.10 Å². The second-order valence-corrected chi connectivity index (χ2v) is 4.99. The molecule has 2 heterocycles. The summed E-state index contributed by atoms with van der Waals surface area (Å²) in [5.74, 6) is 0.597. The van der Waals surface area contributed by atoms with Gasteiger partial charge in [0.2, 0.25) is 0 Å². The molecular formula is C11H17NOS. The fraction of sp³-hybridized carbons (Fsp3) is 0.636. The van der Waals surface area contributed by atoms with Crippen LogP contribution in [0.15, 0.2) is 17.5 Å². The van der Waals surface area contributed by atoms with Crippen LogP contribution in [0.5, 0.6) is 0 Å². The molecule has 1 aliphatic rings. The maximum absolute atomic E-state index is 5.88. The number of thiophene rings is 1. The molecule has 2 nitrogen and oxygen atoms in total. The van der Waals surface area contributed by atoms with E-state index in [0.717, 1.165) is 13.2 Å². The molecule has 0 aliphatic carbocycles. The Morgan fingerprint density at radius 2 is 2.36 bits per heavy atom. The normalized spacial score (nSPS) is 34.0. The monoisotopic (exact) mass is 211 g/mol. The van der Waals surface area contributed by atoms with Crippen molar-refractivity contribution in [3.8, 4) is 0 Å². The maximum atomic E-state index is 5.88. The molecule has 0 radical (unpaired) electrons. The van der Waals surface area contributed by atoms with Crippen LogP contribution in [-0.2, 0) is 4.74 Å². The van der Waals surface area contributed by atoms with Crippen LogP contribution >= 0.6 is 11.3 Å². The lowest BCUT2D eigenvalue weighted by molar-refractivity contribution is 0.0518. The molecule has 3 atom stereocenters. The Balaban J connectivity index is 2.02. The van der Waals surface area contributed by atoms with Gasteiger partial charge >= 0.3 is 0 Å². The van der Waals surface area contributed by atoms with Gasteiger partial charge in [-0.25, -0.2) is 0 Å². The average molecular weight is 211 g/mol. The minimum atomic E-state index is 0.252. The van der Waals surface area contributed by atoms with Crippen molar-refractivity contribution in [3.05, 3.63) is 22.4 Å². The van der Waals surface area contributed by atoms with Crippen molar-refractivity contribution in [2.75, 3.05) is 13.2 Å². The molecule has 2 rings (SSSR count). The Morgan fingerprint density at radius 1 is 1.50 bits per heavy atom. The highest BCUT2D eigenvalue weighted by Gasteiger charge is 2.22. The summed E-state index contributed by atoms with van der Waals surface area (Å²) in [6.07, 6.45) is 0.252. The summed E-state index contributed by atoms with van der Waals surface area (Å²) >= 11 is 1.78. The molecule has 0 saturated carbocycles. The summed E-state index contributed by atoms with van der Waals surface area (Å²) < 4.78 is 5.88. The third-order valence-electron chi connectivity index (χ3n) is 2.90. The van der Waals surface area contributed by atoms with Gasteiger partial charge in [-0.3, -0.25) is 0 Å². The lowest BCUT2D eigenvalue weighted by Gasteiger charge is -2.15. The van der Waals surface area contributed by atoms with Crippen LogP contribution in [0.3, 0.4) is 0 Å². The third-order valence-corrected chi connectivity index (χ3v) is 3.86. The van der Waals surface area contributed by atoms with E-state index in [1.807, 2.05) is 0 Å². The molecular weight excluding hydrogens is 194 g/mol. The number of ether oxygens (including phenoxy) is 1. The van der Waals surface area contributed by atoms with E-state index in [9.17, 15) is 0 Å². The minimum absolute atomic E-state index is 0.252. The standard InChI is InChI=1S/C11H17NOS/c1-8-7-13-10(6-12-9(8)2)11-4-3-5-14-11/h3-5,8-10,12H,6-7H2,1-2H3. The molecule has 3 heteroatoms. The van der Waals surface area contributed by atoms with Gasteiger partial charge in [0.15, 0.2) is 0 Å². The van der Waals surface area contributed by atoms with Crippen LogP contribution in [0.1, 0.15) is 24.8 Å². The number of hydrogen-bond acceptors (Lipinski definition) is 3. The van der Waals surface area contributed by atoms with Gasteiger partial charge < -0.3 is 10.1 Å². The summed E-state index contributed by atoms with van der Waals surface area (Å²) in [5, 5.41) is 5.62. The third kappa shape index (κ3) is 2.16. The molecule has 0 spiro atoms. The molecule has 3 unspecified atom stereocenters. The van der Waals surface area contributed by atoms with Crippen LogP contribution in [-0.4, -0.2) is 19.2 Å². The number of nitrogens with one attached hydrogen (secondary N) is 1. The summed E-state index contributed by atoms with van der Waals surface area (Å²) in [5.41, 5.74) is 0. The fourth-order valence-electron chi connectivity index (χ4n) is 1.62. The summed E-state index contributed by atoms with van der Waals surface area (Å²) in [4.78, 5) is 1.33. The molecule has 1 saturated heterocycles. The lowest BCUT2D eigenvalue weighted by atomic mass is 10.1. The quantitative estimate of drug-likeness (QED) is 0.770. The highest BCUT2D eigenvalue weighted by Crippen LogP contribution is 2.25. The molecule has 1 aromatic heterocycles. The molecule has 1 aromatic rings. The molecule has 14 heavy (non-hydrogen) atoms. The van der Waals surface area contributed by atoms with Gasteiger partial charge in [-0.05, 0) is 24.3 Å². The predicted octanol–water partition coefficient (Wildman–Crippen LogP) is 2.43. The smallest absolute Gasteiger partial charge is 0.104 e. The molecule has 78 valence electrons. The van der Waals surface area contributed by atoms with E-state index in [1.165, 1.54) is 4.88 Å². The topological polar surface area (TPSA) is 21.3 Å². The second-order valence-electron chi connectivity index (χ2n) is 4.01.